The van der Waals surface area contributed by atoms with Gasteiger partial charge in [0.2, 0.25) is 0 Å². The standard InChI is InChI=1S/C25H35N3O3S2/c29-22(30)17-32-23-16-26-24(33-23)27-25(31)28(20-10-6-1-2-7-11-20)21-14-12-19(13-15-21)18-8-4-3-5-9-18/h3-5,8,16,18-21H,1-2,6-7,9-15,17H2,(H,29,30)(H,26,27,31)/t18?,19-,21-. The molecule has 2 fully saturated rings. The molecule has 8 heteroatoms. The molecule has 1 unspecified atom stereocenters. The van der Waals surface area contributed by atoms with Crippen LogP contribution in [0.15, 0.2) is 34.7 Å². The molecule has 3 aliphatic rings. The Morgan fingerprint density at radius 1 is 1.06 bits per heavy atom. The van der Waals surface area contributed by atoms with Crippen molar-refractivity contribution >= 4 is 40.2 Å². The Labute approximate surface area is 204 Å². The molecule has 1 aromatic rings. The molecule has 0 saturated heterocycles. The molecule has 2 amide bonds. The van der Waals surface area contributed by atoms with Crippen molar-refractivity contribution in [2.45, 2.75) is 86.9 Å². The molecule has 3 aliphatic carbocycles. The number of nitrogens with one attached hydrogen (secondary N) is 1. The second kappa shape index (κ2) is 12.1. The van der Waals surface area contributed by atoms with E-state index in [2.05, 4.69) is 39.5 Å². The molecule has 6 nitrogen and oxygen atoms in total. The van der Waals surface area contributed by atoms with Gasteiger partial charge in [-0.05, 0) is 56.8 Å². The molecule has 1 atom stereocenters. The van der Waals surface area contributed by atoms with Crippen LogP contribution in [0.25, 0.3) is 0 Å². The predicted molar refractivity (Wildman–Crippen MR) is 135 cm³/mol. The van der Waals surface area contributed by atoms with Gasteiger partial charge in [0.05, 0.1) is 16.2 Å². The number of amides is 2. The maximum absolute atomic E-state index is 13.5. The van der Waals surface area contributed by atoms with E-state index in [0.29, 0.717) is 23.0 Å². The van der Waals surface area contributed by atoms with Crippen LogP contribution in [-0.2, 0) is 4.79 Å². The first-order chi connectivity index (χ1) is 16.1. The molecule has 1 aromatic heterocycles. The number of hydrogen-bond acceptors (Lipinski definition) is 5. The number of carbonyl (C=O) groups excluding carboxylic acids is 1. The van der Waals surface area contributed by atoms with Crippen molar-refractivity contribution in [3.8, 4) is 0 Å². The van der Waals surface area contributed by atoms with Crippen molar-refractivity contribution in [1.29, 1.82) is 0 Å². The molecule has 2 N–H and O–H groups in total. The average molecular weight is 490 g/mol. The van der Waals surface area contributed by atoms with E-state index in [1.165, 1.54) is 61.6 Å². The Morgan fingerprint density at radius 2 is 1.79 bits per heavy atom. The van der Waals surface area contributed by atoms with Crippen LogP contribution in [0.1, 0.15) is 70.6 Å². The smallest absolute Gasteiger partial charge is 0.324 e. The summed E-state index contributed by atoms with van der Waals surface area (Å²) in [5, 5.41) is 12.5. The predicted octanol–water partition coefficient (Wildman–Crippen LogP) is 6.57. The highest BCUT2D eigenvalue weighted by atomic mass is 32.2. The zero-order valence-electron chi connectivity index (χ0n) is 19.2. The molecule has 0 spiro atoms. The summed E-state index contributed by atoms with van der Waals surface area (Å²) in [6, 6.07) is 0.552. The molecule has 4 rings (SSSR count). The van der Waals surface area contributed by atoms with Gasteiger partial charge in [-0.15, -0.1) is 11.8 Å². The average Bonchev–Trinajstić information content (AvgIpc) is 3.10. The van der Waals surface area contributed by atoms with Gasteiger partial charge in [0.25, 0.3) is 0 Å². The number of allylic oxidation sites excluding steroid dienone is 4. The van der Waals surface area contributed by atoms with Gasteiger partial charge in [-0.2, -0.15) is 0 Å². The number of carboxylic acids is 1. The number of urea groups is 1. The Hall–Kier alpha value is -1.80. The van der Waals surface area contributed by atoms with Gasteiger partial charge < -0.3 is 10.0 Å². The lowest BCUT2D eigenvalue weighted by Crippen LogP contribution is -2.50. The van der Waals surface area contributed by atoms with Crippen LogP contribution in [0.2, 0.25) is 0 Å². The number of aliphatic carboxylic acids is 1. The highest BCUT2D eigenvalue weighted by Gasteiger charge is 2.35. The lowest BCUT2D eigenvalue weighted by Gasteiger charge is -2.42. The number of anilines is 1. The van der Waals surface area contributed by atoms with Crippen LogP contribution in [-0.4, -0.2) is 44.8 Å². The zero-order chi connectivity index (χ0) is 23.0. The monoisotopic (exact) mass is 489 g/mol. The van der Waals surface area contributed by atoms with Crippen LogP contribution in [0.4, 0.5) is 9.93 Å². The number of hydrogen-bond donors (Lipinski definition) is 2. The highest BCUT2D eigenvalue weighted by molar-refractivity contribution is 8.01. The molecular weight excluding hydrogens is 454 g/mol. The molecule has 2 saturated carbocycles. The van der Waals surface area contributed by atoms with E-state index in [-0.39, 0.29) is 17.8 Å². The molecule has 33 heavy (non-hydrogen) atoms. The summed E-state index contributed by atoms with van der Waals surface area (Å²) in [6.07, 6.45) is 23.3. The summed E-state index contributed by atoms with van der Waals surface area (Å²) in [7, 11) is 0. The lowest BCUT2D eigenvalue weighted by molar-refractivity contribution is -0.133. The van der Waals surface area contributed by atoms with Crippen LogP contribution in [0, 0.1) is 11.8 Å². The van der Waals surface area contributed by atoms with E-state index in [1.54, 1.807) is 6.20 Å². The Bertz CT molecular complexity index is 853. The first-order valence-corrected chi connectivity index (χ1v) is 14.1. The quantitative estimate of drug-likeness (QED) is 0.334. The third kappa shape index (κ3) is 6.85. The fraction of sp³-hybridized carbons (Fsp3) is 0.640. The molecule has 1 heterocycles. The topological polar surface area (TPSA) is 82.5 Å². The third-order valence-corrected chi connectivity index (χ3v) is 9.34. The number of carbonyl (C=O) groups is 2. The summed E-state index contributed by atoms with van der Waals surface area (Å²) < 4.78 is 0.809. The molecule has 0 bridgehead atoms. The van der Waals surface area contributed by atoms with Gasteiger partial charge in [-0.1, -0.05) is 61.3 Å². The van der Waals surface area contributed by atoms with E-state index in [1.807, 2.05) is 0 Å². The maximum atomic E-state index is 13.5. The van der Waals surface area contributed by atoms with Gasteiger partial charge >= 0.3 is 12.0 Å². The van der Waals surface area contributed by atoms with Crippen LogP contribution in [0.5, 0.6) is 0 Å². The SMILES string of the molecule is O=C(O)CSc1cnc(NC(=O)N(C2CCCCCC2)[C@H]2CC[C@H](C3C=CC=CC3)CC2)s1. The Balaban J connectivity index is 1.41. The van der Waals surface area contributed by atoms with Crippen molar-refractivity contribution in [2.75, 3.05) is 11.1 Å². The van der Waals surface area contributed by atoms with Crippen molar-refractivity contribution < 1.29 is 14.7 Å². The van der Waals surface area contributed by atoms with Gasteiger partial charge in [0.1, 0.15) is 0 Å². The molecule has 180 valence electrons. The molecule has 0 aliphatic heterocycles. The van der Waals surface area contributed by atoms with Crippen molar-refractivity contribution in [2.24, 2.45) is 11.8 Å². The Morgan fingerprint density at radius 3 is 2.45 bits per heavy atom. The van der Waals surface area contributed by atoms with E-state index < -0.39 is 5.97 Å². The molecule has 0 aromatic carbocycles. The largest absolute Gasteiger partial charge is 0.481 e. The van der Waals surface area contributed by atoms with Gasteiger partial charge in [-0.3, -0.25) is 10.1 Å². The summed E-state index contributed by atoms with van der Waals surface area (Å²) in [6.45, 7) is 0. The van der Waals surface area contributed by atoms with Gasteiger partial charge in [0.15, 0.2) is 5.13 Å². The number of thiazole rings is 1. The van der Waals surface area contributed by atoms with E-state index in [9.17, 15) is 9.59 Å². The van der Waals surface area contributed by atoms with E-state index in [0.717, 1.165) is 36.3 Å². The minimum atomic E-state index is -0.853. The number of rotatable bonds is 7. The first-order valence-electron chi connectivity index (χ1n) is 12.3. The first kappa shape index (κ1) is 24.3. The number of carboxylic acid groups (broad SMARTS) is 1. The number of thioether (sulfide) groups is 1. The minimum absolute atomic E-state index is 0.000999. The Kier molecular flexibility index (Phi) is 8.89. The van der Waals surface area contributed by atoms with E-state index in [4.69, 9.17) is 5.11 Å². The van der Waals surface area contributed by atoms with Gasteiger partial charge in [0, 0.05) is 12.1 Å². The van der Waals surface area contributed by atoms with E-state index >= 15 is 0 Å². The zero-order valence-corrected chi connectivity index (χ0v) is 20.8. The maximum Gasteiger partial charge on any atom is 0.324 e. The van der Waals surface area contributed by atoms with Crippen LogP contribution >= 0.6 is 23.1 Å². The van der Waals surface area contributed by atoms with Crippen LogP contribution in [0.3, 0.4) is 0 Å². The van der Waals surface area contributed by atoms with Crippen molar-refractivity contribution in [1.82, 2.24) is 9.88 Å². The lowest BCUT2D eigenvalue weighted by atomic mass is 9.75. The summed E-state index contributed by atoms with van der Waals surface area (Å²) in [5.41, 5.74) is 0. The second-order valence-electron chi connectivity index (χ2n) is 9.43. The number of aromatic nitrogens is 1. The molecular formula is C25H35N3O3S2. The summed E-state index contributed by atoms with van der Waals surface area (Å²) >= 11 is 2.59. The second-order valence-corrected chi connectivity index (χ2v) is 11.7. The fourth-order valence-corrected chi connectivity index (χ4v) is 7.18. The summed E-state index contributed by atoms with van der Waals surface area (Å²) in [4.78, 5) is 30.9. The fourth-order valence-electron chi connectivity index (χ4n) is 5.60. The third-order valence-electron chi connectivity index (χ3n) is 7.24. The van der Waals surface area contributed by atoms with Gasteiger partial charge in [-0.25, -0.2) is 9.78 Å². The van der Waals surface area contributed by atoms with Crippen molar-refractivity contribution in [3.05, 3.63) is 30.5 Å². The number of nitrogens with zero attached hydrogens (tertiary/aromatic N) is 2. The highest BCUT2D eigenvalue weighted by Crippen LogP contribution is 2.38. The normalized spacial score (nSPS) is 26.0. The summed E-state index contributed by atoms with van der Waals surface area (Å²) in [5.74, 6) is 0.509. The minimum Gasteiger partial charge on any atom is -0.481 e. The van der Waals surface area contributed by atoms with Crippen molar-refractivity contribution in [3.63, 3.8) is 0 Å². The molecule has 0 radical (unpaired) electrons. The van der Waals surface area contributed by atoms with Crippen LogP contribution < -0.4 is 5.32 Å².